The highest BCUT2D eigenvalue weighted by Gasteiger charge is 2.16. The summed E-state index contributed by atoms with van der Waals surface area (Å²) in [5, 5.41) is 3.31. The maximum Gasteiger partial charge on any atom is 0.214 e. The van der Waals surface area contributed by atoms with E-state index >= 15 is 0 Å². The van der Waals surface area contributed by atoms with E-state index in [4.69, 9.17) is 0 Å². The van der Waals surface area contributed by atoms with Gasteiger partial charge in [0.1, 0.15) is 0 Å². The number of sulfonamides is 1. The fourth-order valence-electron chi connectivity index (χ4n) is 1.48. The van der Waals surface area contributed by atoms with Crippen LogP contribution in [0.25, 0.3) is 0 Å². The van der Waals surface area contributed by atoms with Gasteiger partial charge < -0.3 is 5.32 Å². The summed E-state index contributed by atoms with van der Waals surface area (Å²) in [5.41, 5.74) is 0. The van der Waals surface area contributed by atoms with Gasteiger partial charge in [-0.2, -0.15) is 11.8 Å². The molecule has 1 fully saturated rings. The Morgan fingerprint density at radius 2 is 2.20 bits per heavy atom. The lowest BCUT2D eigenvalue weighted by molar-refractivity contribution is 0.499. The Kier molecular flexibility index (Phi) is 5.38. The number of nitrogens with one attached hydrogen (secondary N) is 1. The number of thioether (sulfide) groups is 1. The highest BCUT2D eigenvalue weighted by atomic mass is 32.2. The first-order valence-corrected chi connectivity index (χ1v) is 8.00. The quantitative estimate of drug-likeness (QED) is 0.768. The zero-order valence-electron chi connectivity index (χ0n) is 9.40. The van der Waals surface area contributed by atoms with Gasteiger partial charge in [-0.25, -0.2) is 12.7 Å². The average Bonchev–Trinajstić information content (AvgIpc) is 2.19. The van der Waals surface area contributed by atoms with Crippen LogP contribution in [0.2, 0.25) is 0 Å². The molecule has 15 heavy (non-hydrogen) atoms. The minimum Gasteiger partial charge on any atom is -0.312 e. The molecule has 0 saturated carbocycles. The van der Waals surface area contributed by atoms with E-state index in [1.54, 1.807) is 14.1 Å². The van der Waals surface area contributed by atoms with Crippen molar-refractivity contribution in [1.29, 1.82) is 0 Å². The normalized spacial score (nSPS) is 23.3. The van der Waals surface area contributed by atoms with Crippen molar-refractivity contribution in [2.24, 2.45) is 0 Å². The van der Waals surface area contributed by atoms with Crippen molar-refractivity contribution in [3.63, 3.8) is 0 Å². The van der Waals surface area contributed by atoms with E-state index < -0.39 is 10.0 Å². The highest BCUT2D eigenvalue weighted by Crippen LogP contribution is 2.16. The number of hydrogen-bond donors (Lipinski definition) is 1. The number of hydrogen-bond acceptors (Lipinski definition) is 4. The first kappa shape index (κ1) is 13.3. The Bertz CT molecular complexity index is 272. The van der Waals surface area contributed by atoms with Crippen LogP contribution in [0.5, 0.6) is 0 Å². The van der Waals surface area contributed by atoms with Crippen LogP contribution in [0.15, 0.2) is 0 Å². The predicted molar refractivity (Wildman–Crippen MR) is 65.8 cm³/mol. The second kappa shape index (κ2) is 6.08. The first-order valence-electron chi connectivity index (χ1n) is 5.24. The molecule has 90 valence electrons. The molecule has 0 aliphatic carbocycles. The van der Waals surface area contributed by atoms with Crippen molar-refractivity contribution in [1.82, 2.24) is 9.62 Å². The fraction of sp³-hybridized carbons (Fsp3) is 1.00. The second-order valence-corrected chi connectivity index (χ2v) is 7.42. The Hall–Kier alpha value is 0.220. The van der Waals surface area contributed by atoms with Gasteiger partial charge in [-0.3, -0.25) is 0 Å². The third-order valence-electron chi connectivity index (χ3n) is 2.51. The summed E-state index contributed by atoms with van der Waals surface area (Å²) >= 11 is 1.94. The van der Waals surface area contributed by atoms with E-state index in [2.05, 4.69) is 5.32 Å². The third-order valence-corrected chi connectivity index (χ3v) is 5.56. The standard InChI is InChI=1S/C9H20N2O2S2/c1-11(2)15(12,13)7-5-10-9-4-3-6-14-8-9/h9-10H,3-8H2,1-2H3. The number of rotatable bonds is 5. The Morgan fingerprint density at radius 3 is 2.73 bits per heavy atom. The molecule has 0 spiro atoms. The van der Waals surface area contributed by atoms with E-state index in [1.807, 2.05) is 11.8 Å². The summed E-state index contributed by atoms with van der Waals surface area (Å²) in [5.74, 6) is 2.55. The van der Waals surface area contributed by atoms with Gasteiger partial charge in [0.2, 0.25) is 10.0 Å². The maximum absolute atomic E-state index is 11.5. The van der Waals surface area contributed by atoms with Gasteiger partial charge in [0.25, 0.3) is 0 Å². The van der Waals surface area contributed by atoms with Crippen molar-refractivity contribution >= 4 is 21.8 Å². The highest BCUT2D eigenvalue weighted by molar-refractivity contribution is 7.99. The van der Waals surface area contributed by atoms with Crippen molar-refractivity contribution in [2.75, 3.05) is 37.9 Å². The molecule has 1 aliphatic heterocycles. The van der Waals surface area contributed by atoms with Crippen LogP contribution in [0.1, 0.15) is 12.8 Å². The van der Waals surface area contributed by atoms with Gasteiger partial charge in [0.05, 0.1) is 5.75 Å². The van der Waals surface area contributed by atoms with Crippen LogP contribution < -0.4 is 5.32 Å². The van der Waals surface area contributed by atoms with Crippen molar-refractivity contribution < 1.29 is 8.42 Å². The SMILES string of the molecule is CN(C)S(=O)(=O)CCNC1CCCSC1. The van der Waals surface area contributed by atoms with Crippen molar-refractivity contribution in [3.05, 3.63) is 0 Å². The van der Waals surface area contributed by atoms with E-state index in [0.29, 0.717) is 12.6 Å². The van der Waals surface area contributed by atoms with Gasteiger partial charge in [-0.1, -0.05) is 0 Å². The monoisotopic (exact) mass is 252 g/mol. The number of nitrogens with zero attached hydrogens (tertiary/aromatic N) is 1. The molecule has 1 rings (SSSR count). The van der Waals surface area contributed by atoms with Crippen molar-refractivity contribution in [2.45, 2.75) is 18.9 Å². The zero-order chi connectivity index (χ0) is 11.3. The summed E-state index contributed by atoms with van der Waals surface area (Å²) in [7, 11) is 0.115. The molecule has 1 aliphatic rings. The van der Waals surface area contributed by atoms with E-state index in [-0.39, 0.29) is 5.75 Å². The molecule has 1 atom stereocenters. The van der Waals surface area contributed by atoms with Gasteiger partial charge in [-0.15, -0.1) is 0 Å². The topological polar surface area (TPSA) is 49.4 Å². The van der Waals surface area contributed by atoms with Crippen LogP contribution in [0, 0.1) is 0 Å². The Labute approximate surface area is 96.8 Å². The van der Waals surface area contributed by atoms with Gasteiger partial charge in [0.15, 0.2) is 0 Å². The molecule has 0 aromatic heterocycles. The Balaban J connectivity index is 2.20. The molecule has 0 radical (unpaired) electrons. The molecular weight excluding hydrogens is 232 g/mol. The Morgan fingerprint density at radius 1 is 1.47 bits per heavy atom. The van der Waals surface area contributed by atoms with E-state index in [0.717, 1.165) is 5.75 Å². The summed E-state index contributed by atoms with van der Waals surface area (Å²) in [4.78, 5) is 0. The first-order chi connectivity index (χ1) is 7.02. The predicted octanol–water partition coefficient (Wildman–Crippen LogP) is 0.363. The molecule has 1 unspecified atom stereocenters. The van der Waals surface area contributed by atoms with Crippen LogP contribution in [-0.4, -0.2) is 56.7 Å². The second-order valence-electron chi connectivity index (χ2n) is 3.97. The minimum atomic E-state index is -3.03. The lowest BCUT2D eigenvalue weighted by Crippen LogP contribution is -2.38. The molecule has 0 aromatic rings. The molecule has 0 aromatic carbocycles. The van der Waals surface area contributed by atoms with E-state index in [1.165, 1.54) is 22.9 Å². The largest absolute Gasteiger partial charge is 0.312 e. The summed E-state index contributed by atoms with van der Waals surface area (Å²) in [6.45, 7) is 0.561. The van der Waals surface area contributed by atoms with Gasteiger partial charge >= 0.3 is 0 Å². The summed E-state index contributed by atoms with van der Waals surface area (Å²) in [6.07, 6.45) is 2.41. The lowest BCUT2D eigenvalue weighted by Gasteiger charge is -2.22. The molecule has 1 N–H and O–H groups in total. The van der Waals surface area contributed by atoms with Gasteiger partial charge in [0, 0.05) is 32.4 Å². The zero-order valence-corrected chi connectivity index (χ0v) is 11.0. The van der Waals surface area contributed by atoms with Crippen molar-refractivity contribution in [3.8, 4) is 0 Å². The third kappa shape index (κ3) is 4.72. The van der Waals surface area contributed by atoms with Gasteiger partial charge in [-0.05, 0) is 18.6 Å². The molecule has 6 heteroatoms. The molecular formula is C9H20N2O2S2. The maximum atomic E-state index is 11.5. The van der Waals surface area contributed by atoms with E-state index in [9.17, 15) is 8.42 Å². The fourth-order valence-corrected chi connectivity index (χ4v) is 3.32. The lowest BCUT2D eigenvalue weighted by atomic mass is 10.2. The summed E-state index contributed by atoms with van der Waals surface area (Å²) < 4.78 is 24.2. The van der Waals surface area contributed by atoms with Crippen LogP contribution in [-0.2, 0) is 10.0 Å². The molecule has 0 amide bonds. The molecule has 4 nitrogen and oxygen atoms in total. The molecule has 1 saturated heterocycles. The smallest absolute Gasteiger partial charge is 0.214 e. The molecule has 0 bridgehead atoms. The molecule has 1 heterocycles. The average molecular weight is 252 g/mol. The van der Waals surface area contributed by atoms with Crippen LogP contribution in [0.4, 0.5) is 0 Å². The summed E-state index contributed by atoms with van der Waals surface area (Å²) in [6, 6.07) is 0.501. The van der Waals surface area contributed by atoms with Crippen LogP contribution >= 0.6 is 11.8 Å². The van der Waals surface area contributed by atoms with Crippen LogP contribution in [0.3, 0.4) is 0 Å². The minimum absolute atomic E-state index is 0.196.